The van der Waals surface area contributed by atoms with E-state index in [1.807, 2.05) is 16.8 Å². The molecule has 0 saturated heterocycles. The molecule has 1 aromatic carbocycles. The minimum atomic E-state index is -0.359. The molecule has 32 heavy (non-hydrogen) atoms. The van der Waals surface area contributed by atoms with Crippen molar-refractivity contribution in [1.82, 2.24) is 15.1 Å². The molecule has 0 unspecified atom stereocenters. The SMILES string of the molecule is COC(=O)c1ccc(-n2ncc(C(=O)NC3C4CC5CC(C4)CC3C5)c2C2(C)CC2)cc1. The van der Waals surface area contributed by atoms with Gasteiger partial charge in [0.1, 0.15) is 0 Å². The Morgan fingerprint density at radius 3 is 2.22 bits per heavy atom. The van der Waals surface area contributed by atoms with Crippen LogP contribution in [-0.2, 0) is 10.2 Å². The third-order valence-corrected chi connectivity index (χ3v) is 8.64. The molecule has 0 atom stereocenters. The van der Waals surface area contributed by atoms with E-state index in [0.29, 0.717) is 29.0 Å². The average Bonchev–Trinajstić information content (AvgIpc) is 3.37. The summed E-state index contributed by atoms with van der Waals surface area (Å²) in [6.45, 7) is 2.21. The van der Waals surface area contributed by atoms with Crippen molar-refractivity contribution in [2.45, 2.75) is 63.3 Å². The normalized spacial score (nSPS) is 31.4. The molecule has 7 rings (SSSR count). The third kappa shape index (κ3) is 3.18. The van der Waals surface area contributed by atoms with E-state index in [1.165, 1.54) is 39.2 Å². The van der Waals surface area contributed by atoms with Gasteiger partial charge in [-0.2, -0.15) is 5.10 Å². The van der Waals surface area contributed by atoms with Crippen LogP contribution in [0.1, 0.15) is 78.3 Å². The Bertz CT molecular complexity index is 1040. The fourth-order valence-electron chi connectivity index (χ4n) is 6.96. The van der Waals surface area contributed by atoms with E-state index in [0.717, 1.165) is 36.1 Å². The predicted octanol–water partition coefficient (Wildman–Crippen LogP) is 4.26. The highest BCUT2D eigenvalue weighted by Gasteiger charge is 2.50. The van der Waals surface area contributed by atoms with Gasteiger partial charge in [-0.1, -0.05) is 6.92 Å². The minimum Gasteiger partial charge on any atom is -0.465 e. The Morgan fingerprint density at radius 1 is 1.03 bits per heavy atom. The van der Waals surface area contributed by atoms with Gasteiger partial charge >= 0.3 is 5.97 Å². The van der Waals surface area contributed by atoms with Crippen molar-refractivity contribution in [2.75, 3.05) is 7.11 Å². The van der Waals surface area contributed by atoms with Gasteiger partial charge in [-0.05, 0) is 92.9 Å². The lowest BCUT2D eigenvalue weighted by Crippen LogP contribution is -2.55. The largest absolute Gasteiger partial charge is 0.465 e. The summed E-state index contributed by atoms with van der Waals surface area (Å²) in [4.78, 5) is 25.3. The Labute approximate surface area is 188 Å². The van der Waals surface area contributed by atoms with Crippen molar-refractivity contribution in [1.29, 1.82) is 0 Å². The number of hydrogen-bond acceptors (Lipinski definition) is 4. The molecular formula is C26H31N3O3. The Morgan fingerprint density at radius 2 is 1.66 bits per heavy atom. The molecule has 0 aliphatic heterocycles. The van der Waals surface area contributed by atoms with E-state index >= 15 is 0 Å². The van der Waals surface area contributed by atoms with Gasteiger partial charge in [0.05, 0.1) is 35.8 Å². The van der Waals surface area contributed by atoms with E-state index in [1.54, 1.807) is 18.3 Å². The van der Waals surface area contributed by atoms with Crippen molar-refractivity contribution < 1.29 is 14.3 Å². The van der Waals surface area contributed by atoms with Crippen LogP contribution >= 0.6 is 0 Å². The lowest BCUT2D eigenvalue weighted by molar-refractivity contribution is -0.0119. The van der Waals surface area contributed by atoms with Crippen LogP contribution in [0.2, 0.25) is 0 Å². The molecule has 0 radical (unpaired) electrons. The summed E-state index contributed by atoms with van der Waals surface area (Å²) in [6.07, 6.45) is 10.4. The summed E-state index contributed by atoms with van der Waals surface area (Å²) >= 11 is 0. The highest BCUT2D eigenvalue weighted by Crippen LogP contribution is 2.54. The lowest BCUT2D eigenvalue weighted by Gasteiger charge is -2.54. The van der Waals surface area contributed by atoms with Crippen LogP contribution in [0.4, 0.5) is 0 Å². The first-order valence-electron chi connectivity index (χ1n) is 12.0. The molecule has 6 nitrogen and oxygen atoms in total. The van der Waals surface area contributed by atoms with Crippen LogP contribution in [-0.4, -0.2) is 34.8 Å². The van der Waals surface area contributed by atoms with Crippen LogP contribution in [0, 0.1) is 23.7 Å². The van der Waals surface area contributed by atoms with Crippen LogP contribution in [0.15, 0.2) is 30.5 Å². The number of methoxy groups -OCH3 is 1. The molecular weight excluding hydrogens is 402 g/mol. The Balaban J connectivity index is 1.29. The number of ether oxygens (including phenoxy) is 1. The summed E-state index contributed by atoms with van der Waals surface area (Å²) in [6, 6.07) is 7.55. The second-order valence-corrected chi connectivity index (χ2v) is 10.8. The number of nitrogens with zero attached hydrogens (tertiary/aromatic N) is 2. The summed E-state index contributed by atoms with van der Waals surface area (Å²) in [7, 11) is 1.38. The standard InChI is InChI=1S/C26H31N3O3/c1-26(7-8-26)23-21(14-27-29(23)20-5-3-17(4-6-20)25(31)32-2)24(30)28-22-18-10-15-9-16(12-18)13-19(22)11-15/h3-6,14-16,18-19,22H,7-13H2,1-2H3,(H,28,30). The molecule has 4 bridgehead atoms. The summed E-state index contributed by atoms with van der Waals surface area (Å²) < 4.78 is 6.69. The van der Waals surface area contributed by atoms with Gasteiger partial charge in [0, 0.05) is 11.5 Å². The molecule has 6 heteroatoms. The molecule has 5 aliphatic carbocycles. The number of esters is 1. The number of nitrogens with one attached hydrogen (secondary N) is 1. The highest BCUT2D eigenvalue weighted by molar-refractivity contribution is 5.96. The first-order chi connectivity index (χ1) is 15.4. The first-order valence-corrected chi connectivity index (χ1v) is 12.0. The fraction of sp³-hybridized carbons (Fsp3) is 0.577. The van der Waals surface area contributed by atoms with Gasteiger partial charge in [-0.3, -0.25) is 4.79 Å². The van der Waals surface area contributed by atoms with Crippen molar-refractivity contribution in [2.24, 2.45) is 23.7 Å². The van der Waals surface area contributed by atoms with E-state index in [2.05, 4.69) is 17.3 Å². The molecule has 1 heterocycles. The van der Waals surface area contributed by atoms with Crippen molar-refractivity contribution in [3.63, 3.8) is 0 Å². The zero-order valence-electron chi connectivity index (χ0n) is 18.8. The monoisotopic (exact) mass is 433 g/mol. The number of amides is 1. The zero-order valence-corrected chi connectivity index (χ0v) is 18.8. The van der Waals surface area contributed by atoms with Crippen LogP contribution in [0.5, 0.6) is 0 Å². The van der Waals surface area contributed by atoms with E-state index in [4.69, 9.17) is 4.74 Å². The maximum atomic E-state index is 13.5. The van der Waals surface area contributed by atoms with Gasteiger partial charge in [0.15, 0.2) is 0 Å². The lowest BCUT2D eigenvalue weighted by atomic mass is 9.54. The number of hydrogen-bond donors (Lipinski definition) is 1. The summed E-state index contributed by atoms with van der Waals surface area (Å²) in [5.74, 6) is 2.75. The molecule has 1 aromatic heterocycles. The number of carbonyl (C=O) groups excluding carboxylic acids is 2. The van der Waals surface area contributed by atoms with Crippen LogP contribution in [0.25, 0.3) is 5.69 Å². The van der Waals surface area contributed by atoms with Gasteiger partial charge in [-0.15, -0.1) is 0 Å². The number of carbonyl (C=O) groups is 2. The predicted molar refractivity (Wildman–Crippen MR) is 120 cm³/mol. The van der Waals surface area contributed by atoms with Crippen LogP contribution in [0.3, 0.4) is 0 Å². The average molecular weight is 434 g/mol. The number of aromatic nitrogens is 2. The van der Waals surface area contributed by atoms with E-state index in [9.17, 15) is 9.59 Å². The summed E-state index contributed by atoms with van der Waals surface area (Å²) in [5.41, 5.74) is 3.02. The third-order valence-electron chi connectivity index (χ3n) is 8.64. The quantitative estimate of drug-likeness (QED) is 0.715. The molecule has 1 N–H and O–H groups in total. The highest BCUT2D eigenvalue weighted by atomic mass is 16.5. The fourth-order valence-corrected chi connectivity index (χ4v) is 6.96. The van der Waals surface area contributed by atoms with Crippen molar-refractivity contribution in [3.8, 4) is 5.69 Å². The molecule has 0 spiro atoms. The molecule has 168 valence electrons. The smallest absolute Gasteiger partial charge is 0.337 e. The second kappa shape index (κ2) is 7.19. The maximum absolute atomic E-state index is 13.5. The summed E-state index contributed by atoms with van der Waals surface area (Å²) in [5, 5.41) is 8.09. The van der Waals surface area contributed by atoms with Crippen LogP contribution < -0.4 is 5.32 Å². The molecule has 2 aromatic rings. The number of benzene rings is 1. The number of rotatable bonds is 5. The van der Waals surface area contributed by atoms with Gasteiger partial charge in [0.25, 0.3) is 5.91 Å². The molecule has 5 fully saturated rings. The Kier molecular flexibility index (Phi) is 4.50. The first kappa shape index (κ1) is 20.0. The van der Waals surface area contributed by atoms with E-state index in [-0.39, 0.29) is 17.3 Å². The zero-order chi connectivity index (χ0) is 22.0. The maximum Gasteiger partial charge on any atom is 0.337 e. The molecule has 5 aliphatic rings. The van der Waals surface area contributed by atoms with Gasteiger partial charge in [0.2, 0.25) is 0 Å². The molecule has 5 saturated carbocycles. The van der Waals surface area contributed by atoms with Gasteiger partial charge < -0.3 is 10.1 Å². The Hall–Kier alpha value is -2.63. The molecule has 1 amide bonds. The van der Waals surface area contributed by atoms with E-state index < -0.39 is 0 Å². The topological polar surface area (TPSA) is 73.2 Å². The van der Waals surface area contributed by atoms with Gasteiger partial charge in [-0.25, -0.2) is 9.48 Å². The minimum absolute atomic E-state index is 0.0306. The second-order valence-electron chi connectivity index (χ2n) is 10.8. The van der Waals surface area contributed by atoms with Crippen molar-refractivity contribution >= 4 is 11.9 Å². The van der Waals surface area contributed by atoms with Crippen molar-refractivity contribution in [3.05, 3.63) is 47.3 Å².